The number of primary amides is 1. The van der Waals surface area contributed by atoms with Gasteiger partial charge in [-0.2, -0.15) is 0 Å². The minimum absolute atomic E-state index is 0.0373. The van der Waals surface area contributed by atoms with Crippen LogP contribution in [0.25, 0.3) is 10.9 Å². The summed E-state index contributed by atoms with van der Waals surface area (Å²) in [4.78, 5) is 33.0. The lowest BCUT2D eigenvalue weighted by molar-refractivity contribution is 0.0998. The Balaban J connectivity index is 1.64. The Kier molecular flexibility index (Phi) is 7.27. The predicted molar refractivity (Wildman–Crippen MR) is 132 cm³/mol. The standard InChI is InChI=1S/C26H24FN5O3/c1-35-13-12-22(32-25-20-10-5-9-19(24(28)33)23(20)29-15-30-25)16-6-4-7-17(14-16)31-26(34)18-8-2-3-11-21(18)27/h2-11,14-15,22H,12-13H2,1H3,(H2,28,33)(H,31,34)(H,29,30,32). The quantitative estimate of drug-likeness (QED) is 0.333. The van der Waals surface area contributed by atoms with Crippen molar-refractivity contribution in [1.82, 2.24) is 9.97 Å². The van der Waals surface area contributed by atoms with Crippen molar-refractivity contribution in [3.63, 3.8) is 0 Å². The summed E-state index contributed by atoms with van der Waals surface area (Å²) in [6.07, 6.45) is 1.96. The molecule has 0 spiro atoms. The zero-order valence-corrected chi connectivity index (χ0v) is 19.0. The Morgan fingerprint density at radius 1 is 1.03 bits per heavy atom. The lowest BCUT2D eigenvalue weighted by Crippen LogP contribution is -2.17. The van der Waals surface area contributed by atoms with Crippen molar-refractivity contribution in [2.75, 3.05) is 24.4 Å². The number of rotatable bonds is 9. The van der Waals surface area contributed by atoms with Crippen LogP contribution < -0.4 is 16.4 Å². The number of anilines is 2. The van der Waals surface area contributed by atoms with Crippen LogP contribution in [0.5, 0.6) is 0 Å². The fourth-order valence-corrected chi connectivity index (χ4v) is 3.80. The van der Waals surface area contributed by atoms with Crippen molar-refractivity contribution >= 4 is 34.2 Å². The summed E-state index contributed by atoms with van der Waals surface area (Å²) in [6.45, 7) is 0.457. The van der Waals surface area contributed by atoms with E-state index < -0.39 is 17.6 Å². The minimum Gasteiger partial charge on any atom is -0.385 e. The number of methoxy groups -OCH3 is 1. The maximum atomic E-state index is 14.0. The van der Waals surface area contributed by atoms with Crippen LogP contribution in [0, 0.1) is 5.82 Å². The molecule has 4 N–H and O–H groups in total. The Hall–Kier alpha value is -4.37. The molecule has 2 amide bonds. The maximum Gasteiger partial charge on any atom is 0.258 e. The number of para-hydroxylation sites is 1. The van der Waals surface area contributed by atoms with Crippen LogP contribution >= 0.6 is 0 Å². The van der Waals surface area contributed by atoms with Crippen molar-refractivity contribution in [3.8, 4) is 0 Å². The summed E-state index contributed by atoms with van der Waals surface area (Å²) >= 11 is 0. The van der Waals surface area contributed by atoms with Gasteiger partial charge in [-0.25, -0.2) is 14.4 Å². The molecule has 1 aromatic heterocycles. The summed E-state index contributed by atoms with van der Waals surface area (Å²) in [7, 11) is 1.61. The topological polar surface area (TPSA) is 119 Å². The van der Waals surface area contributed by atoms with E-state index in [2.05, 4.69) is 20.6 Å². The average molecular weight is 474 g/mol. The molecule has 0 aliphatic heterocycles. The number of aromatic nitrogens is 2. The highest BCUT2D eigenvalue weighted by Crippen LogP contribution is 2.29. The number of ether oxygens (including phenoxy) is 1. The molecule has 178 valence electrons. The molecule has 0 fully saturated rings. The molecule has 1 atom stereocenters. The van der Waals surface area contributed by atoms with Gasteiger partial charge in [0.1, 0.15) is 18.0 Å². The predicted octanol–water partition coefficient (Wildman–Crippen LogP) is 4.31. The molecule has 3 aromatic carbocycles. The summed E-state index contributed by atoms with van der Waals surface area (Å²) in [5.41, 5.74) is 7.59. The third kappa shape index (κ3) is 5.42. The lowest BCUT2D eigenvalue weighted by atomic mass is 10.0. The van der Waals surface area contributed by atoms with Crippen molar-refractivity contribution < 1.29 is 18.7 Å². The van der Waals surface area contributed by atoms with Crippen LogP contribution in [0.4, 0.5) is 15.9 Å². The van der Waals surface area contributed by atoms with Gasteiger partial charge in [0.15, 0.2) is 0 Å². The van der Waals surface area contributed by atoms with Gasteiger partial charge >= 0.3 is 0 Å². The highest BCUT2D eigenvalue weighted by molar-refractivity contribution is 6.07. The van der Waals surface area contributed by atoms with Gasteiger partial charge in [0.05, 0.1) is 22.7 Å². The van der Waals surface area contributed by atoms with E-state index in [1.807, 2.05) is 18.2 Å². The first-order valence-corrected chi connectivity index (χ1v) is 10.9. The van der Waals surface area contributed by atoms with Gasteiger partial charge in [0, 0.05) is 24.8 Å². The number of nitrogens with two attached hydrogens (primary N) is 1. The molecule has 8 nitrogen and oxygen atoms in total. The SMILES string of the molecule is COCCC(Nc1ncnc2c(C(N)=O)cccc12)c1cccc(NC(=O)c2ccccc2F)c1. The molecule has 1 heterocycles. The number of benzene rings is 3. The van der Waals surface area contributed by atoms with Crippen LogP contribution in [0.3, 0.4) is 0 Å². The van der Waals surface area contributed by atoms with E-state index in [9.17, 15) is 14.0 Å². The van der Waals surface area contributed by atoms with Crippen molar-refractivity contribution in [3.05, 3.63) is 95.6 Å². The molecule has 1 unspecified atom stereocenters. The number of carbonyl (C=O) groups is 2. The molecular weight excluding hydrogens is 449 g/mol. The summed E-state index contributed by atoms with van der Waals surface area (Å²) in [5, 5.41) is 6.80. The first-order valence-electron chi connectivity index (χ1n) is 10.9. The van der Waals surface area contributed by atoms with Gasteiger partial charge in [-0.1, -0.05) is 30.3 Å². The van der Waals surface area contributed by atoms with E-state index in [-0.39, 0.29) is 11.6 Å². The first-order chi connectivity index (χ1) is 17.0. The number of fused-ring (bicyclic) bond motifs is 1. The maximum absolute atomic E-state index is 14.0. The first kappa shape index (κ1) is 23.8. The second-order valence-corrected chi connectivity index (χ2v) is 7.83. The molecule has 9 heteroatoms. The van der Waals surface area contributed by atoms with Crippen LogP contribution in [0.15, 0.2) is 73.1 Å². The van der Waals surface area contributed by atoms with E-state index in [4.69, 9.17) is 10.5 Å². The van der Waals surface area contributed by atoms with E-state index >= 15 is 0 Å². The Labute approximate surface area is 201 Å². The van der Waals surface area contributed by atoms with Crippen molar-refractivity contribution in [2.45, 2.75) is 12.5 Å². The van der Waals surface area contributed by atoms with Crippen molar-refractivity contribution in [2.24, 2.45) is 5.73 Å². The Morgan fingerprint density at radius 2 is 1.80 bits per heavy atom. The lowest BCUT2D eigenvalue weighted by Gasteiger charge is -2.21. The van der Waals surface area contributed by atoms with Crippen LogP contribution in [-0.2, 0) is 4.74 Å². The summed E-state index contributed by atoms with van der Waals surface area (Å²) < 4.78 is 19.3. The third-order valence-corrected chi connectivity index (χ3v) is 5.52. The summed E-state index contributed by atoms with van der Waals surface area (Å²) in [6, 6.07) is 17.9. The van der Waals surface area contributed by atoms with Gasteiger partial charge in [0.25, 0.3) is 11.8 Å². The average Bonchev–Trinajstić information content (AvgIpc) is 2.86. The molecule has 35 heavy (non-hydrogen) atoms. The number of hydrogen-bond donors (Lipinski definition) is 3. The van der Waals surface area contributed by atoms with E-state index in [1.54, 1.807) is 37.4 Å². The number of halogens is 1. The van der Waals surface area contributed by atoms with Crippen LogP contribution in [0.2, 0.25) is 0 Å². The zero-order valence-electron chi connectivity index (χ0n) is 19.0. The second-order valence-electron chi connectivity index (χ2n) is 7.83. The van der Waals surface area contributed by atoms with Crippen molar-refractivity contribution in [1.29, 1.82) is 0 Å². The van der Waals surface area contributed by atoms with Crippen LogP contribution in [0.1, 0.15) is 38.7 Å². The van der Waals surface area contributed by atoms with Gasteiger partial charge in [-0.15, -0.1) is 0 Å². The third-order valence-electron chi connectivity index (χ3n) is 5.52. The van der Waals surface area contributed by atoms with Gasteiger partial charge < -0.3 is 21.1 Å². The zero-order chi connectivity index (χ0) is 24.8. The molecule has 0 bridgehead atoms. The number of carbonyl (C=O) groups excluding carboxylic acids is 2. The van der Waals surface area contributed by atoms with Gasteiger partial charge in [-0.05, 0) is 48.4 Å². The normalized spacial score (nSPS) is 11.7. The Bertz CT molecular complexity index is 1380. The molecule has 0 saturated heterocycles. The fourth-order valence-electron chi connectivity index (χ4n) is 3.80. The van der Waals surface area contributed by atoms with Gasteiger partial charge in [-0.3, -0.25) is 9.59 Å². The monoisotopic (exact) mass is 473 g/mol. The fraction of sp³-hybridized carbons (Fsp3) is 0.154. The number of amides is 2. The molecule has 0 radical (unpaired) electrons. The molecule has 4 rings (SSSR count). The molecular formula is C26H24FN5O3. The smallest absolute Gasteiger partial charge is 0.258 e. The molecule has 4 aromatic rings. The second kappa shape index (κ2) is 10.7. The van der Waals surface area contributed by atoms with Crippen LogP contribution in [-0.4, -0.2) is 35.5 Å². The van der Waals surface area contributed by atoms with E-state index in [0.717, 1.165) is 5.56 Å². The van der Waals surface area contributed by atoms with E-state index in [1.165, 1.54) is 24.5 Å². The summed E-state index contributed by atoms with van der Waals surface area (Å²) in [5.74, 6) is -1.18. The molecule has 0 saturated carbocycles. The molecule has 0 aliphatic rings. The number of nitrogens with zero attached hydrogens (tertiary/aromatic N) is 2. The highest BCUT2D eigenvalue weighted by Gasteiger charge is 2.18. The number of nitrogens with one attached hydrogen (secondary N) is 2. The Morgan fingerprint density at radius 3 is 2.57 bits per heavy atom. The van der Waals surface area contributed by atoms with Gasteiger partial charge in [0.2, 0.25) is 0 Å². The van der Waals surface area contributed by atoms with E-state index in [0.29, 0.717) is 41.0 Å². The molecule has 0 aliphatic carbocycles. The largest absolute Gasteiger partial charge is 0.385 e. The highest BCUT2D eigenvalue weighted by atomic mass is 19.1. The minimum atomic E-state index is -0.591. The number of hydrogen-bond acceptors (Lipinski definition) is 6.